The van der Waals surface area contributed by atoms with Gasteiger partial charge in [-0.05, 0) is 43.0 Å². The Labute approximate surface area is 173 Å². The summed E-state index contributed by atoms with van der Waals surface area (Å²) < 4.78 is 0. The first-order chi connectivity index (χ1) is 14.0. The van der Waals surface area contributed by atoms with E-state index in [4.69, 9.17) is 0 Å². The Morgan fingerprint density at radius 2 is 1.72 bits per heavy atom. The zero-order valence-electron chi connectivity index (χ0n) is 17.4. The summed E-state index contributed by atoms with van der Waals surface area (Å²) in [7, 11) is 3.84. The van der Waals surface area contributed by atoms with E-state index < -0.39 is 0 Å². The van der Waals surface area contributed by atoms with Gasteiger partial charge in [0.05, 0.1) is 5.56 Å². The lowest BCUT2D eigenvalue weighted by atomic mass is 9.95. The Morgan fingerprint density at radius 3 is 2.41 bits per heavy atom. The van der Waals surface area contributed by atoms with Gasteiger partial charge >= 0.3 is 0 Å². The van der Waals surface area contributed by atoms with Gasteiger partial charge in [0.15, 0.2) is 0 Å². The molecular weight excluding hydrogens is 362 g/mol. The molecule has 3 rings (SSSR count). The van der Waals surface area contributed by atoms with Crippen LogP contribution in [0.5, 0.6) is 0 Å². The van der Waals surface area contributed by atoms with Crippen LogP contribution in [0.1, 0.15) is 54.4 Å². The molecule has 0 atom stereocenters. The molecule has 1 saturated carbocycles. The molecular formula is C24H31N3O2. The van der Waals surface area contributed by atoms with Crippen molar-refractivity contribution in [2.24, 2.45) is 0 Å². The molecule has 2 aromatic rings. The number of hydrogen-bond donors (Lipinski definition) is 2. The summed E-state index contributed by atoms with van der Waals surface area (Å²) in [4.78, 5) is 27.2. The number of nitrogens with zero attached hydrogens (tertiary/aromatic N) is 1. The van der Waals surface area contributed by atoms with E-state index in [1.54, 1.807) is 6.07 Å². The first-order valence-electron chi connectivity index (χ1n) is 10.5. The number of hydrogen-bond acceptors (Lipinski definition) is 3. The molecule has 154 valence electrons. The molecule has 0 heterocycles. The number of amides is 2. The van der Waals surface area contributed by atoms with Crippen molar-refractivity contribution in [2.75, 3.05) is 24.3 Å². The fourth-order valence-corrected chi connectivity index (χ4v) is 3.82. The van der Waals surface area contributed by atoms with E-state index in [1.165, 1.54) is 19.3 Å². The molecule has 0 aliphatic heterocycles. The third kappa shape index (κ3) is 6.08. The summed E-state index contributed by atoms with van der Waals surface area (Å²) in [6, 6.07) is 15.7. The normalized spacial score (nSPS) is 14.3. The van der Waals surface area contributed by atoms with Crippen molar-refractivity contribution in [3.05, 3.63) is 59.7 Å². The van der Waals surface area contributed by atoms with E-state index in [0.29, 0.717) is 24.1 Å². The Balaban J connectivity index is 1.66. The first kappa shape index (κ1) is 20.9. The second-order valence-electron chi connectivity index (χ2n) is 7.97. The average Bonchev–Trinajstić information content (AvgIpc) is 2.73. The predicted molar refractivity (Wildman–Crippen MR) is 119 cm³/mol. The lowest BCUT2D eigenvalue weighted by Gasteiger charge is -2.24. The molecule has 0 unspecified atom stereocenters. The van der Waals surface area contributed by atoms with Gasteiger partial charge in [0, 0.05) is 37.9 Å². The molecule has 5 nitrogen and oxygen atoms in total. The van der Waals surface area contributed by atoms with Gasteiger partial charge in [0.1, 0.15) is 0 Å². The maximum Gasteiger partial charge on any atom is 0.253 e. The molecule has 2 amide bonds. The number of benzene rings is 2. The van der Waals surface area contributed by atoms with Gasteiger partial charge in [0.2, 0.25) is 5.91 Å². The van der Waals surface area contributed by atoms with Crippen LogP contribution in [-0.2, 0) is 11.2 Å². The summed E-state index contributed by atoms with van der Waals surface area (Å²) in [5, 5.41) is 6.12. The van der Waals surface area contributed by atoms with E-state index in [1.807, 2.05) is 61.5 Å². The maximum absolute atomic E-state index is 12.9. The van der Waals surface area contributed by atoms with Crippen molar-refractivity contribution in [1.82, 2.24) is 5.32 Å². The Morgan fingerprint density at radius 1 is 1.00 bits per heavy atom. The van der Waals surface area contributed by atoms with Crippen molar-refractivity contribution in [3.8, 4) is 0 Å². The summed E-state index contributed by atoms with van der Waals surface area (Å²) in [6.45, 7) is 0. The summed E-state index contributed by atoms with van der Waals surface area (Å²) >= 11 is 0. The molecule has 5 heteroatoms. The van der Waals surface area contributed by atoms with Crippen molar-refractivity contribution < 1.29 is 9.59 Å². The second-order valence-corrected chi connectivity index (χ2v) is 7.97. The molecule has 0 radical (unpaired) electrons. The number of carbonyl (C=O) groups is 2. The number of anilines is 2. The standard InChI is InChI=1S/C24H31N3O2/c1-27(2)22-15-14-20(25-23(28)16-13-18-9-5-3-6-10-18)17-21(22)24(29)26-19-11-7-4-8-12-19/h3,5-6,9-10,14-15,17,19H,4,7-8,11-13,16H2,1-2H3,(H,25,28)(H,26,29). The van der Waals surface area contributed by atoms with Crippen LogP contribution in [0.15, 0.2) is 48.5 Å². The average molecular weight is 394 g/mol. The fraction of sp³-hybridized carbons (Fsp3) is 0.417. The van der Waals surface area contributed by atoms with Crippen LogP contribution in [0.25, 0.3) is 0 Å². The minimum Gasteiger partial charge on any atom is -0.377 e. The predicted octanol–water partition coefficient (Wildman–Crippen LogP) is 4.39. The quantitative estimate of drug-likeness (QED) is 0.734. The van der Waals surface area contributed by atoms with Gasteiger partial charge in [-0.1, -0.05) is 49.6 Å². The molecule has 0 saturated heterocycles. The van der Waals surface area contributed by atoms with Gasteiger partial charge in [0.25, 0.3) is 5.91 Å². The molecule has 2 N–H and O–H groups in total. The van der Waals surface area contributed by atoms with E-state index in [-0.39, 0.29) is 17.9 Å². The Bertz CT molecular complexity index is 827. The largest absolute Gasteiger partial charge is 0.377 e. The summed E-state index contributed by atoms with van der Waals surface area (Å²) in [5.41, 5.74) is 3.24. The topological polar surface area (TPSA) is 61.4 Å². The summed E-state index contributed by atoms with van der Waals surface area (Å²) in [6.07, 6.45) is 6.77. The van der Waals surface area contributed by atoms with Crippen molar-refractivity contribution in [3.63, 3.8) is 0 Å². The van der Waals surface area contributed by atoms with Gasteiger partial charge < -0.3 is 15.5 Å². The minimum atomic E-state index is -0.0685. The van der Waals surface area contributed by atoms with Crippen molar-refractivity contribution in [2.45, 2.75) is 51.0 Å². The highest BCUT2D eigenvalue weighted by Gasteiger charge is 2.20. The third-order valence-corrected chi connectivity index (χ3v) is 5.43. The molecule has 0 bridgehead atoms. The smallest absolute Gasteiger partial charge is 0.253 e. The van der Waals surface area contributed by atoms with E-state index in [0.717, 1.165) is 24.1 Å². The number of nitrogens with one attached hydrogen (secondary N) is 2. The second kappa shape index (κ2) is 10.1. The van der Waals surface area contributed by atoms with E-state index >= 15 is 0 Å². The maximum atomic E-state index is 12.9. The molecule has 1 aliphatic carbocycles. The first-order valence-corrected chi connectivity index (χ1v) is 10.5. The van der Waals surface area contributed by atoms with E-state index in [9.17, 15) is 9.59 Å². The number of aryl methyl sites for hydroxylation is 1. The van der Waals surface area contributed by atoms with Gasteiger partial charge in [-0.2, -0.15) is 0 Å². The molecule has 2 aromatic carbocycles. The van der Waals surface area contributed by atoms with Gasteiger partial charge in [-0.15, -0.1) is 0 Å². The molecule has 1 aliphatic rings. The lowest BCUT2D eigenvalue weighted by Crippen LogP contribution is -2.36. The van der Waals surface area contributed by atoms with Crippen LogP contribution in [-0.4, -0.2) is 32.0 Å². The lowest BCUT2D eigenvalue weighted by molar-refractivity contribution is -0.116. The SMILES string of the molecule is CN(C)c1ccc(NC(=O)CCc2ccccc2)cc1C(=O)NC1CCCCC1. The van der Waals surface area contributed by atoms with E-state index in [2.05, 4.69) is 10.6 Å². The third-order valence-electron chi connectivity index (χ3n) is 5.43. The Hall–Kier alpha value is -2.82. The highest BCUT2D eigenvalue weighted by Crippen LogP contribution is 2.25. The highest BCUT2D eigenvalue weighted by molar-refractivity contribution is 6.02. The zero-order chi connectivity index (χ0) is 20.6. The van der Waals surface area contributed by atoms with Crippen LogP contribution in [0, 0.1) is 0 Å². The number of carbonyl (C=O) groups excluding carboxylic acids is 2. The van der Waals surface area contributed by atoms with Crippen LogP contribution in [0.3, 0.4) is 0 Å². The van der Waals surface area contributed by atoms with Gasteiger partial charge in [-0.3, -0.25) is 9.59 Å². The summed E-state index contributed by atoms with van der Waals surface area (Å²) in [5.74, 6) is -0.119. The highest BCUT2D eigenvalue weighted by atomic mass is 16.2. The number of rotatable bonds is 7. The molecule has 29 heavy (non-hydrogen) atoms. The zero-order valence-corrected chi connectivity index (χ0v) is 17.4. The Kier molecular flexibility index (Phi) is 7.28. The minimum absolute atomic E-state index is 0.0508. The van der Waals surface area contributed by atoms with Crippen molar-refractivity contribution >= 4 is 23.2 Å². The molecule has 0 spiro atoms. The van der Waals surface area contributed by atoms with Crippen LogP contribution < -0.4 is 15.5 Å². The van der Waals surface area contributed by atoms with Gasteiger partial charge in [-0.25, -0.2) is 0 Å². The fourth-order valence-electron chi connectivity index (χ4n) is 3.82. The monoisotopic (exact) mass is 393 g/mol. The van der Waals surface area contributed by atoms with Crippen LogP contribution in [0.2, 0.25) is 0 Å². The van der Waals surface area contributed by atoms with Crippen LogP contribution in [0.4, 0.5) is 11.4 Å². The molecule has 1 fully saturated rings. The van der Waals surface area contributed by atoms with Crippen molar-refractivity contribution in [1.29, 1.82) is 0 Å². The van der Waals surface area contributed by atoms with Crippen LogP contribution >= 0.6 is 0 Å². The molecule has 0 aromatic heterocycles.